The molecule has 20 heavy (non-hydrogen) atoms. The summed E-state index contributed by atoms with van der Waals surface area (Å²) < 4.78 is 5.51. The highest BCUT2D eigenvalue weighted by molar-refractivity contribution is 6.28. The zero-order valence-corrected chi connectivity index (χ0v) is 13.1. The van der Waals surface area contributed by atoms with E-state index in [2.05, 4.69) is 34.0 Å². The van der Waals surface area contributed by atoms with Crippen LogP contribution in [0.4, 0.5) is 0 Å². The molecule has 4 nitrogen and oxygen atoms in total. The third kappa shape index (κ3) is 3.25. The van der Waals surface area contributed by atoms with Crippen molar-refractivity contribution in [3.8, 4) is 17.4 Å². The van der Waals surface area contributed by atoms with Gasteiger partial charge in [0.05, 0.1) is 6.10 Å². The van der Waals surface area contributed by atoms with Crippen molar-refractivity contribution in [2.75, 3.05) is 0 Å². The molecule has 0 saturated carbocycles. The highest BCUT2D eigenvalue weighted by Crippen LogP contribution is 2.27. The Balaban J connectivity index is 2.55. The Hall–Kier alpha value is -1.68. The van der Waals surface area contributed by atoms with Crippen LogP contribution in [0.3, 0.4) is 0 Å². The Bertz CT molecular complexity index is 618. The van der Waals surface area contributed by atoms with Crippen LogP contribution in [0.2, 0.25) is 5.28 Å². The molecule has 0 unspecified atom stereocenters. The van der Waals surface area contributed by atoms with E-state index in [1.165, 1.54) is 5.56 Å². The number of nitrogens with zero attached hydrogens (tertiary/aromatic N) is 3. The van der Waals surface area contributed by atoms with E-state index in [4.69, 9.17) is 16.3 Å². The van der Waals surface area contributed by atoms with Crippen molar-refractivity contribution < 1.29 is 4.74 Å². The first-order chi connectivity index (χ1) is 9.36. The summed E-state index contributed by atoms with van der Waals surface area (Å²) in [6, 6.07) is 4.46. The van der Waals surface area contributed by atoms with Gasteiger partial charge in [-0.2, -0.15) is 15.0 Å². The summed E-state index contributed by atoms with van der Waals surface area (Å²) in [6.45, 7) is 9.98. The van der Waals surface area contributed by atoms with Gasteiger partial charge in [-0.05, 0) is 57.3 Å². The molecule has 0 fully saturated rings. The van der Waals surface area contributed by atoms with E-state index in [-0.39, 0.29) is 17.4 Å². The van der Waals surface area contributed by atoms with E-state index in [9.17, 15) is 0 Å². The van der Waals surface area contributed by atoms with Gasteiger partial charge in [0.2, 0.25) is 5.28 Å². The number of halogens is 1. The lowest BCUT2D eigenvalue weighted by Gasteiger charge is -2.12. The van der Waals surface area contributed by atoms with Gasteiger partial charge in [-0.3, -0.25) is 0 Å². The van der Waals surface area contributed by atoms with Gasteiger partial charge < -0.3 is 4.74 Å². The molecule has 5 heteroatoms. The van der Waals surface area contributed by atoms with Crippen molar-refractivity contribution in [1.29, 1.82) is 0 Å². The molecule has 2 aromatic rings. The molecule has 1 heterocycles. The van der Waals surface area contributed by atoms with Gasteiger partial charge in [0.1, 0.15) is 0 Å². The van der Waals surface area contributed by atoms with E-state index in [1.54, 1.807) is 0 Å². The summed E-state index contributed by atoms with van der Waals surface area (Å²) in [5, 5.41) is 0.144. The number of hydrogen-bond donors (Lipinski definition) is 0. The summed E-state index contributed by atoms with van der Waals surface area (Å²) in [6.07, 6.45) is -0.0125. The van der Waals surface area contributed by atoms with E-state index < -0.39 is 0 Å². The summed E-state index contributed by atoms with van der Waals surface area (Å²) in [5.74, 6) is 0.552. The lowest BCUT2D eigenvalue weighted by Crippen LogP contribution is -2.10. The first-order valence-electron chi connectivity index (χ1n) is 6.53. The molecule has 0 aliphatic rings. The van der Waals surface area contributed by atoms with E-state index in [0.717, 1.165) is 16.7 Å². The number of aromatic nitrogens is 3. The van der Waals surface area contributed by atoms with E-state index in [0.29, 0.717) is 5.82 Å². The first kappa shape index (κ1) is 14.7. The maximum Gasteiger partial charge on any atom is 0.321 e. The van der Waals surface area contributed by atoms with Gasteiger partial charge >= 0.3 is 6.01 Å². The standard InChI is InChI=1S/C15H18ClN3O/c1-8(2)20-15-18-13(17-14(16)19-15)12-10(4)6-9(3)7-11(12)5/h6-8H,1-5H3. The molecule has 1 aromatic carbocycles. The van der Waals surface area contributed by atoms with Crippen LogP contribution in [0.15, 0.2) is 12.1 Å². The summed E-state index contributed by atoms with van der Waals surface area (Å²) >= 11 is 5.98. The van der Waals surface area contributed by atoms with E-state index >= 15 is 0 Å². The summed E-state index contributed by atoms with van der Waals surface area (Å²) in [5.41, 5.74) is 4.41. The van der Waals surface area contributed by atoms with Gasteiger partial charge in [0.25, 0.3) is 0 Å². The van der Waals surface area contributed by atoms with Gasteiger partial charge in [-0.25, -0.2) is 0 Å². The molecule has 0 N–H and O–H groups in total. The average Bonchev–Trinajstić information content (AvgIpc) is 2.25. The molecule has 0 spiro atoms. The van der Waals surface area contributed by atoms with Crippen molar-refractivity contribution in [2.45, 2.75) is 40.7 Å². The zero-order valence-electron chi connectivity index (χ0n) is 12.4. The average molecular weight is 292 g/mol. The van der Waals surface area contributed by atoms with Gasteiger partial charge in [-0.15, -0.1) is 0 Å². The third-order valence-corrected chi connectivity index (χ3v) is 3.00. The Labute approximate surface area is 124 Å². The lowest BCUT2D eigenvalue weighted by molar-refractivity contribution is 0.222. The van der Waals surface area contributed by atoms with Crippen LogP contribution in [-0.4, -0.2) is 21.1 Å². The molecule has 0 bridgehead atoms. The van der Waals surface area contributed by atoms with Crippen molar-refractivity contribution in [3.05, 3.63) is 34.1 Å². The number of benzene rings is 1. The minimum absolute atomic E-state index is 0.0125. The molecule has 0 saturated heterocycles. The first-order valence-corrected chi connectivity index (χ1v) is 6.91. The molecule has 0 radical (unpaired) electrons. The Morgan fingerprint density at radius 2 is 1.60 bits per heavy atom. The molecular weight excluding hydrogens is 274 g/mol. The van der Waals surface area contributed by atoms with Crippen molar-refractivity contribution in [3.63, 3.8) is 0 Å². The van der Waals surface area contributed by atoms with Crippen molar-refractivity contribution >= 4 is 11.6 Å². The molecule has 0 aliphatic heterocycles. The quantitative estimate of drug-likeness (QED) is 0.860. The van der Waals surface area contributed by atoms with Gasteiger partial charge in [-0.1, -0.05) is 17.7 Å². The highest BCUT2D eigenvalue weighted by Gasteiger charge is 2.14. The number of hydrogen-bond acceptors (Lipinski definition) is 4. The number of ether oxygens (including phenoxy) is 1. The van der Waals surface area contributed by atoms with Crippen LogP contribution < -0.4 is 4.74 Å². The smallest absolute Gasteiger partial charge is 0.321 e. The molecule has 2 rings (SSSR count). The van der Waals surface area contributed by atoms with Crippen molar-refractivity contribution in [1.82, 2.24) is 15.0 Å². The maximum absolute atomic E-state index is 5.98. The Morgan fingerprint density at radius 1 is 1.00 bits per heavy atom. The highest BCUT2D eigenvalue weighted by atomic mass is 35.5. The summed E-state index contributed by atoms with van der Waals surface area (Å²) in [7, 11) is 0. The van der Waals surface area contributed by atoms with Crippen LogP contribution in [0.1, 0.15) is 30.5 Å². The van der Waals surface area contributed by atoms with Crippen LogP contribution >= 0.6 is 11.6 Å². The van der Waals surface area contributed by atoms with Crippen LogP contribution in [0, 0.1) is 20.8 Å². The number of rotatable bonds is 3. The number of aryl methyl sites for hydroxylation is 3. The molecule has 0 atom stereocenters. The van der Waals surface area contributed by atoms with Crippen molar-refractivity contribution in [2.24, 2.45) is 0 Å². The minimum atomic E-state index is -0.0125. The van der Waals surface area contributed by atoms with Crippen LogP contribution in [-0.2, 0) is 0 Å². The van der Waals surface area contributed by atoms with Crippen LogP contribution in [0.5, 0.6) is 6.01 Å². The fourth-order valence-electron chi connectivity index (χ4n) is 2.24. The SMILES string of the molecule is Cc1cc(C)c(-c2nc(Cl)nc(OC(C)C)n2)c(C)c1. The summed E-state index contributed by atoms with van der Waals surface area (Å²) in [4.78, 5) is 12.6. The molecule has 0 aliphatic carbocycles. The molecule has 1 aromatic heterocycles. The Kier molecular flexibility index (Phi) is 4.23. The monoisotopic (exact) mass is 291 g/mol. The molecule has 106 valence electrons. The largest absolute Gasteiger partial charge is 0.461 e. The minimum Gasteiger partial charge on any atom is -0.461 e. The fourth-order valence-corrected chi connectivity index (χ4v) is 2.39. The predicted molar refractivity (Wildman–Crippen MR) is 80.2 cm³/mol. The van der Waals surface area contributed by atoms with Crippen LogP contribution in [0.25, 0.3) is 11.4 Å². The molecule has 0 amide bonds. The third-order valence-electron chi connectivity index (χ3n) is 2.83. The Morgan fingerprint density at radius 3 is 2.15 bits per heavy atom. The maximum atomic E-state index is 5.98. The van der Waals surface area contributed by atoms with E-state index in [1.807, 2.05) is 27.7 Å². The second kappa shape index (κ2) is 5.75. The van der Waals surface area contributed by atoms with Gasteiger partial charge in [0.15, 0.2) is 5.82 Å². The lowest BCUT2D eigenvalue weighted by atomic mass is 9.99. The molecular formula is C15H18ClN3O. The zero-order chi connectivity index (χ0) is 14.9. The predicted octanol–water partition coefficient (Wildman–Crippen LogP) is 3.90. The van der Waals surface area contributed by atoms with Gasteiger partial charge in [0, 0.05) is 5.56 Å². The second-order valence-electron chi connectivity index (χ2n) is 5.15. The topological polar surface area (TPSA) is 47.9 Å². The fraction of sp³-hybridized carbons (Fsp3) is 0.400. The second-order valence-corrected chi connectivity index (χ2v) is 5.49. The normalized spacial score (nSPS) is 10.9.